The number of nitrogens with zero attached hydrogens (tertiary/aromatic N) is 2. The van der Waals surface area contributed by atoms with Crippen molar-refractivity contribution < 1.29 is 56.9 Å². The predicted molar refractivity (Wildman–Crippen MR) is 92.7 cm³/mol. The summed E-state index contributed by atoms with van der Waals surface area (Å²) >= 11 is 0. The van der Waals surface area contributed by atoms with Gasteiger partial charge < -0.3 is 56.9 Å². The van der Waals surface area contributed by atoms with Crippen molar-refractivity contribution >= 4 is 0 Å². The van der Waals surface area contributed by atoms with Crippen molar-refractivity contribution in [3.05, 3.63) is 0 Å². The second-order valence-corrected chi connectivity index (χ2v) is 9.07. The highest BCUT2D eigenvalue weighted by atomic mass is 127. The Labute approximate surface area is 184 Å². The van der Waals surface area contributed by atoms with E-state index in [0.29, 0.717) is 0 Å². The van der Waals surface area contributed by atoms with Gasteiger partial charge in [-0.1, -0.05) is 0 Å². The van der Waals surface area contributed by atoms with Crippen molar-refractivity contribution in [2.75, 3.05) is 39.3 Å². The molecule has 4 heteroatoms. The predicted octanol–water partition coefficient (Wildman–Crippen LogP) is -1.90. The van der Waals surface area contributed by atoms with Gasteiger partial charge in [-0.15, -0.1) is 0 Å². The number of rotatable bonds is 7. The van der Waals surface area contributed by atoms with Crippen LogP contribution in [0.2, 0.25) is 0 Å². The number of hydrogen-bond acceptors (Lipinski definition) is 0. The highest BCUT2D eigenvalue weighted by molar-refractivity contribution is 4.75. The summed E-state index contributed by atoms with van der Waals surface area (Å²) in [6, 6.07) is 2.15. The Hall–Kier alpha value is 1.38. The van der Waals surface area contributed by atoms with E-state index in [1.54, 1.807) is 34.6 Å². The molecule has 0 aliphatic carbocycles. The van der Waals surface area contributed by atoms with Gasteiger partial charge in [0.1, 0.15) is 0 Å². The van der Waals surface area contributed by atoms with E-state index in [0.717, 1.165) is 12.1 Å². The molecular formula is C20H38I2N2. The smallest absolute Gasteiger partial charge is 0.0894 e. The lowest BCUT2D eigenvalue weighted by molar-refractivity contribution is -0.928. The van der Waals surface area contributed by atoms with E-state index < -0.39 is 0 Å². The Morgan fingerprint density at radius 1 is 0.500 bits per heavy atom. The van der Waals surface area contributed by atoms with Crippen LogP contribution in [-0.2, 0) is 0 Å². The van der Waals surface area contributed by atoms with Crippen molar-refractivity contribution in [2.45, 2.75) is 89.1 Å². The van der Waals surface area contributed by atoms with Crippen LogP contribution < -0.4 is 48.0 Å². The minimum Gasteiger partial charge on any atom is -1.00 e. The number of fused-ring (bicyclic) bond motifs is 2. The van der Waals surface area contributed by atoms with E-state index in [1.807, 2.05) is 0 Å². The van der Waals surface area contributed by atoms with E-state index in [4.69, 9.17) is 0 Å². The van der Waals surface area contributed by atoms with Crippen molar-refractivity contribution in [3.63, 3.8) is 0 Å². The van der Waals surface area contributed by atoms with E-state index in [1.165, 1.54) is 90.6 Å². The summed E-state index contributed by atoms with van der Waals surface area (Å²) in [6.07, 6.45) is 18.3. The minimum atomic E-state index is 0. The maximum absolute atomic E-state index is 1.54. The molecule has 0 aromatic carbocycles. The molecule has 0 atom stereocenters. The molecule has 0 spiro atoms. The first-order valence-corrected chi connectivity index (χ1v) is 10.5. The molecule has 4 rings (SSSR count). The normalized spacial score (nSPS) is 40.0. The Morgan fingerprint density at radius 2 is 0.833 bits per heavy atom. The monoisotopic (exact) mass is 560 g/mol. The second-order valence-electron chi connectivity index (χ2n) is 9.07. The Balaban J connectivity index is 0.00000104. The van der Waals surface area contributed by atoms with Gasteiger partial charge in [0.15, 0.2) is 0 Å². The van der Waals surface area contributed by atoms with Crippen molar-refractivity contribution in [1.82, 2.24) is 0 Å². The van der Waals surface area contributed by atoms with Crippen LogP contribution in [0.1, 0.15) is 77.0 Å². The topological polar surface area (TPSA) is 0 Å². The number of halogens is 2. The fraction of sp³-hybridized carbons (Fsp3) is 1.00. The van der Waals surface area contributed by atoms with Crippen LogP contribution in [-0.4, -0.2) is 60.3 Å². The van der Waals surface area contributed by atoms with Crippen molar-refractivity contribution in [1.29, 1.82) is 0 Å². The fourth-order valence-electron chi connectivity index (χ4n) is 6.92. The maximum Gasteiger partial charge on any atom is 0.0894 e. The summed E-state index contributed by atoms with van der Waals surface area (Å²) in [5, 5.41) is 0. The first kappa shape index (κ1) is 21.7. The molecule has 0 bridgehead atoms. The van der Waals surface area contributed by atoms with E-state index in [2.05, 4.69) is 0 Å². The third-order valence-electron chi connectivity index (χ3n) is 8.07. The van der Waals surface area contributed by atoms with Crippen molar-refractivity contribution in [3.8, 4) is 0 Å². The number of quaternary nitrogens is 2. The molecule has 24 heavy (non-hydrogen) atoms. The summed E-state index contributed by atoms with van der Waals surface area (Å²) in [6.45, 7) is 9.12. The van der Waals surface area contributed by atoms with Gasteiger partial charge in [0.25, 0.3) is 0 Å². The molecule has 2 nitrogen and oxygen atoms in total. The van der Waals surface area contributed by atoms with Crippen LogP contribution in [0.25, 0.3) is 0 Å². The largest absolute Gasteiger partial charge is 1.00 e. The first-order chi connectivity index (χ1) is 10.8. The molecule has 4 aliphatic rings. The molecule has 4 saturated heterocycles. The Bertz CT molecular complexity index is 332. The molecule has 0 radical (unpaired) electrons. The molecule has 0 unspecified atom stereocenters. The van der Waals surface area contributed by atoms with Gasteiger partial charge in [0.05, 0.1) is 51.4 Å². The van der Waals surface area contributed by atoms with Gasteiger partial charge in [-0.05, 0) is 25.7 Å². The lowest BCUT2D eigenvalue weighted by atomic mass is 10.1. The minimum absolute atomic E-state index is 0. The van der Waals surface area contributed by atoms with Gasteiger partial charge >= 0.3 is 0 Å². The summed E-state index contributed by atoms with van der Waals surface area (Å²) in [5.41, 5.74) is 0. The zero-order valence-electron chi connectivity index (χ0n) is 15.5. The summed E-state index contributed by atoms with van der Waals surface area (Å²) in [4.78, 5) is 0. The van der Waals surface area contributed by atoms with Crippen LogP contribution in [0.15, 0.2) is 0 Å². The maximum atomic E-state index is 1.54. The standard InChI is InChI=1S/C20H38N2.2HI/c1(3-13-21-15-5-9-19(21)10-6-16-21)2-4-14-22-17-7-11-20(22)12-8-18-22;;/h19-20H,1-18H2;2*1H/q+2;;/p-2. The van der Waals surface area contributed by atoms with Gasteiger partial charge in [0.2, 0.25) is 0 Å². The van der Waals surface area contributed by atoms with E-state index >= 15 is 0 Å². The molecule has 142 valence electrons. The van der Waals surface area contributed by atoms with Gasteiger partial charge in [-0.25, -0.2) is 0 Å². The highest BCUT2D eigenvalue weighted by Crippen LogP contribution is 2.38. The van der Waals surface area contributed by atoms with E-state index in [-0.39, 0.29) is 48.0 Å². The van der Waals surface area contributed by atoms with Gasteiger partial charge in [-0.2, -0.15) is 0 Å². The van der Waals surface area contributed by atoms with Crippen LogP contribution >= 0.6 is 0 Å². The average Bonchev–Trinajstić information content (AvgIpc) is 3.21. The highest BCUT2D eigenvalue weighted by Gasteiger charge is 2.45. The molecule has 0 amide bonds. The lowest BCUT2D eigenvalue weighted by Crippen LogP contribution is -3.00. The molecule has 4 aliphatic heterocycles. The number of unbranched alkanes of at least 4 members (excludes halogenated alkanes) is 3. The molecule has 4 fully saturated rings. The van der Waals surface area contributed by atoms with Crippen LogP contribution in [0.5, 0.6) is 0 Å². The third-order valence-corrected chi connectivity index (χ3v) is 8.07. The lowest BCUT2D eigenvalue weighted by Gasteiger charge is -2.35. The molecule has 0 N–H and O–H groups in total. The zero-order chi connectivity index (χ0) is 14.9. The molecular weight excluding hydrogens is 522 g/mol. The van der Waals surface area contributed by atoms with Crippen molar-refractivity contribution in [2.24, 2.45) is 0 Å². The summed E-state index contributed by atoms with van der Waals surface area (Å²) in [7, 11) is 0. The van der Waals surface area contributed by atoms with Gasteiger partial charge in [0, 0.05) is 51.4 Å². The summed E-state index contributed by atoms with van der Waals surface area (Å²) < 4.78 is 3.09. The average molecular weight is 560 g/mol. The SMILES string of the molecule is C(CCC[N+]12CCCC1CCC2)CC[N+]12CCCC1CCC2.[I-].[I-]. The molecule has 0 aromatic heterocycles. The number of hydrogen-bond donors (Lipinski definition) is 0. The quantitative estimate of drug-likeness (QED) is 0.194. The zero-order valence-corrected chi connectivity index (χ0v) is 19.8. The third kappa shape index (κ3) is 4.27. The van der Waals surface area contributed by atoms with E-state index in [9.17, 15) is 0 Å². The molecule has 0 aromatic rings. The van der Waals surface area contributed by atoms with Crippen LogP contribution in [0.3, 0.4) is 0 Å². The summed E-state index contributed by atoms with van der Waals surface area (Å²) in [5.74, 6) is 0. The molecule has 0 saturated carbocycles. The van der Waals surface area contributed by atoms with Crippen LogP contribution in [0, 0.1) is 0 Å². The second kappa shape index (κ2) is 9.54. The first-order valence-electron chi connectivity index (χ1n) is 10.5. The van der Waals surface area contributed by atoms with Crippen LogP contribution in [0.4, 0.5) is 0 Å². The Morgan fingerprint density at radius 3 is 1.17 bits per heavy atom. The Kier molecular flexibility index (Phi) is 8.61. The fourth-order valence-corrected chi connectivity index (χ4v) is 6.92. The van der Waals surface area contributed by atoms with Gasteiger partial charge in [-0.3, -0.25) is 0 Å². The molecule has 4 heterocycles.